The fraction of sp³-hybridized carbons (Fsp3) is 0.579. The maximum absolute atomic E-state index is 14.1. The molecule has 0 aromatic heterocycles. The van der Waals surface area contributed by atoms with Crippen molar-refractivity contribution in [2.24, 2.45) is 0 Å². The summed E-state index contributed by atoms with van der Waals surface area (Å²) in [4.78, 5) is 62.0. The maximum Gasteiger partial charge on any atom is 0.418 e. The minimum absolute atomic E-state index is 0. The number of nitrogens with zero attached hydrogens (tertiary/aromatic N) is 5. The molecule has 3 N–H and O–H groups in total. The molecule has 3 saturated heterocycles. The molecule has 6 rings (SSSR count). The summed E-state index contributed by atoms with van der Waals surface area (Å²) < 4.78 is 52.5. The predicted octanol–water partition coefficient (Wildman–Crippen LogP) is 5.14. The van der Waals surface area contributed by atoms with Crippen molar-refractivity contribution in [3.63, 3.8) is 0 Å². The molecular formula is C38H50Cl2F3N7O6. The molecule has 13 nitrogen and oxygen atoms in total. The van der Waals surface area contributed by atoms with Gasteiger partial charge in [-0.05, 0) is 68.4 Å². The Bertz CT molecular complexity index is 1710. The third-order valence-electron chi connectivity index (χ3n) is 11.1. The molecule has 4 aliphatic heterocycles. The molecule has 1 atom stereocenters. The first-order valence-electron chi connectivity index (χ1n) is 19.0. The lowest BCUT2D eigenvalue weighted by molar-refractivity contribution is -0.145. The van der Waals surface area contributed by atoms with Gasteiger partial charge in [0.05, 0.1) is 29.4 Å². The predicted molar refractivity (Wildman–Crippen MR) is 207 cm³/mol. The Kier molecular flexibility index (Phi) is 14.6. The SMILES string of the molecule is CCOC(=O)CN1CCC(N2CCN(C(=O)[C@@H](Cc3cc(Cl)c(N)c(C(F)(F)F)c3)OC(=O)N3CCC(N4CCc5ccccc5NC4=O)CC3)CC2)CC1.Cl. The molecule has 2 aromatic rings. The van der Waals surface area contributed by atoms with Crippen LogP contribution in [-0.2, 0) is 38.1 Å². The number of esters is 1. The smallest absolute Gasteiger partial charge is 0.418 e. The number of anilines is 2. The Morgan fingerprint density at radius 1 is 0.929 bits per heavy atom. The number of benzene rings is 2. The second-order valence-electron chi connectivity index (χ2n) is 14.5. The van der Waals surface area contributed by atoms with E-state index in [2.05, 4.69) is 15.1 Å². The number of amides is 4. The average molecular weight is 829 g/mol. The Morgan fingerprint density at radius 2 is 1.59 bits per heavy atom. The summed E-state index contributed by atoms with van der Waals surface area (Å²) in [7, 11) is 0. The summed E-state index contributed by atoms with van der Waals surface area (Å²) in [6.07, 6.45) is -3.90. The summed E-state index contributed by atoms with van der Waals surface area (Å²) in [5.41, 5.74) is 5.81. The molecular weight excluding hydrogens is 778 g/mol. The standard InChI is InChI=1S/C38H49ClF3N7O6.ClH/c1-2-54-33(50)24-45-12-8-27(9-13-45)46-17-19-47(20-18-46)35(51)32(23-25-21-29(38(40,41)42)34(43)30(39)22-25)55-37(53)48-14-10-28(11-15-48)49-16-7-26-5-3-4-6-31(26)44-36(49)52;/h3-6,21-22,27-28,32H,2,7-20,23-24,43H2,1H3,(H,44,52);1H/t32-;/m1./s1. The monoisotopic (exact) mass is 827 g/mol. The molecule has 0 unspecified atom stereocenters. The Labute approximate surface area is 335 Å². The Morgan fingerprint density at radius 3 is 2.25 bits per heavy atom. The Hall–Kier alpha value is -3.99. The van der Waals surface area contributed by atoms with Gasteiger partial charge < -0.3 is 35.2 Å². The van der Waals surface area contributed by atoms with Gasteiger partial charge in [-0.3, -0.25) is 19.4 Å². The summed E-state index contributed by atoms with van der Waals surface area (Å²) in [6.45, 7) is 6.79. The van der Waals surface area contributed by atoms with E-state index in [1.165, 1.54) is 11.0 Å². The molecule has 4 amide bonds. The van der Waals surface area contributed by atoms with Crippen LogP contribution < -0.4 is 11.1 Å². The van der Waals surface area contributed by atoms with Crippen LogP contribution in [0.15, 0.2) is 36.4 Å². The lowest BCUT2D eigenvalue weighted by atomic mass is 10.0. The first-order chi connectivity index (χ1) is 26.3. The van der Waals surface area contributed by atoms with Crippen LogP contribution in [0.5, 0.6) is 0 Å². The fourth-order valence-electron chi connectivity index (χ4n) is 8.06. The quantitative estimate of drug-likeness (QED) is 0.260. The molecule has 0 radical (unpaired) electrons. The van der Waals surface area contributed by atoms with Gasteiger partial charge in [-0.15, -0.1) is 12.4 Å². The van der Waals surface area contributed by atoms with Gasteiger partial charge in [-0.2, -0.15) is 13.2 Å². The third-order valence-corrected chi connectivity index (χ3v) is 11.4. The summed E-state index contributed by atoms with van der Waals surface area (Å²) in [5, 5.41) is 2.67. The van der Waals surface area contributed by atoms with E-state index in [1.54, 1.807) is 16.7 Å². The number of urea groups is 1. The third kappa shape index (κ3) is 10.5. The zero-order valence-electron chi connectivity index (χ0n) is 31.4. The number of halogens is 5. The van der Waals surface area contributed by atoms with E-state index in [0.717, 1.165) is 43.2 Å². The van der Waals surface area contributed by atoms with Crippen LogP contribution in [0.3, 0.4) is 0 Å². The van der Waals surface area contributed by atoms with Crippen LogP contribution in [-0.4, -0.2) is 139 Å². The summed E-state index contributed by atoms with van der Waals surface area (Å²) in [5.74, 6) is -0.744. The highest BCUT2D eigenvalue weighted by Crippen LogP contribution is 2.38. The minimum atomic E-state index is -4.79. The van der Waals surface area contributed by atoms with Gasteiger partial charge in [0.25, 0.3) is 5.91 Å². The molecule has 0 aliphatic carbocycles. The minimum Gasteiger partial charge on any atom is -0.465 e. The number of hydrogen-bond donors (Lipinski definition) is 2. The largest absolute Gasteiger partial charge is 0.465 e. The first kappa shape index (κ1) is 43.1. The molecule has 308 valence electrons. The van der Waals surface area contributed by atoms with Gasteiger partial charge in [0.1, 0.15) is 0 Å². The number of piperazine rings is 1. The van der Waals surface area contributed by atoms with Gasteiger partial charge in [0.2, 0.25) is 0 Å². The zero-order valence-corrected chi connectivity index (χ0v) is 33.0. The van der Waals surface area contributed by atoms with E-state index in [1.807, 2.05) is 24.3 Å². The second kappa shape index (κ2) is 19.0. The summed E-state index contributed by atoms with van der Waals surface area (Å²) in [6, 6.07) is 9.74. The highest BCUT2D eigenvalue weighted by atomic mass is 35.5. The molecule has 4 heterocycles. The maximum atomic E-state index is 14.1. The van der Waals surface area contributed by atoms with Gasteiger partial charge in [0, 0.05) is 83.1 Å². The van der Waals surface area contributed by atoms with Gasteiger partial charge in [0.15, 0.2) is 6.10 Å². The van der Waals surface area contributed by atoms with Crippen LogP contribution >= 0.6 is 24.0 Å². The molecule has 0 saturated carbocycles. The van der Waals surface area contributed by atoms with E-state index in [9.17, 15) is 32.3 Å². The van der Waals surface area contributed by atoms with Crippen LogP contribution in [0, 0.1) is 0 Å². The van der Waals surface area contributed by atoms with Gasteiger partial charge in [-0.1, -0.05) is 29.8 Å². The number of rotatable bonds is 9. The lowest BCUT2D eigenvalue weighted by Crippen LogP contribution is -2.57. The van der Waals surface area contributed by atoms with Crippen molar-refractivity contribution in [1.29, 1.82) is 0 Å². The normalized spacial score (nSPS) is 19.7. The molecule has 0 spiro atoms. The van der Waals surface area contributed by atoms with E-state index in [0.29, 0.717) is 58.6 Å². The van der Waals surface area contributed by atoms with Crippen LogP contribution in [0.1, 0.15) is 49.3 Å². The number of likely N-dealkylation sites (tertiary alicyclic amines) is 2. The van der Waals surface area contributed by atoms with E-state index < -0.39 is 35.5 Å². The van der Waals surface area contributed by atoms with Crippen molar-refractivity contribution in [2.45, 2.75) is 69.8 Å². The van der Waals surface area contributed by atoms with Crippen LogP contribution in [0.2, 0.25) is 5.02 Å². The number of para-hydroxylation sites is 1. The van der Waals surface area contributed by atoms with E-state index in [-0.39, 0.29) is 73.1 Å². The van der Waals surface area contributed by atoms with Crippen molar-refractivity contribution in [1.82, 2.24) is 24.5 Å². The van der Waals surface area contributed by atoms with Gasteiger partial charge >= 0.3 is 24.3 Å². The fourth-order valence-corrected chi connectivity index (χ4v) is 8.30. The number of carbonyl (C=O) groups excluding carboxylic acids is 4. The lowest BCUT2D eigenvalue weighted by Gasteiger charge is -2.43. The average Bonchev–Trinajstić information content (AvgIpc) is 3.33. The molecule has 56 heavy (non-hydrogen) atoms. The number of carbonyl (C=O) groups is 4. The van der Waals surface area contributed by atoms with E-state index >= 15 is 0 Å². The number of nitrogens with two attached hydrogens (primary N) is 1. The van der Waals surface area contributed by atoms with Crippen molar-refractivity contribution in [3.05, 3.63) is 58.1 Å². The number of fused-ring (bicyclic) bond motifs is 1. The zero-order chi connectivity index (χ0) is 39.3. The van der Waals surface area contributed by atoms with Crippen molar-refractivity contribution in [3.8, 4) is 0 Å². The number of nitrogen functional groups attached to an aromatic ring is 1. The molecule has 18 heteroatoms. The second-order valence-corrected chi connectivity index (χ2v) is 14.9. The number of piperidine rings is 2. The van der Waals surface area contributed by atoms with Crippen molar-refractivity contribution in [2.75, 3.05) is 83.1 Å². The van der Waals surface area contributed by atoms with Crippen molar-refractivity contribution < 1.29 is 41.8 Å². The number of nitrogens with one attached hydrogen (secondary N) is 1. The van der Waals surface area contributed by atoms with Gasteiger partial charge in [-0.25, -0.2) is 9.59 Å². The first-order valence-corrected chi connectivity index (χ1v) is 19.4. The number of ether oxygens (including phenoxy) is 2. The van der Waals surface area contributed by atoms with Crippen LogP contribution in [0.4, 0.5) is 34.1 Å². The summed E-state index contributed by atoms with van der Waals surface area (Å²) >= 11 is 6.13. The molecule has 2 aromatic carbocycles. The highest BCUT2D eigenvalue weighted by Gasteiger charge is 2.38. The topological polar surface area (TPSA) is 141 Å². The highest BCUT2D eigenvalue weighted by molar-refractivity contribution is 6.33. The number of alkyl halides is 3. The molecule has 3 fully saturated rings. The molecule has 4 aliphatic rings. The van der Waals surface area contributed by atoms with Crippen molar-refractivity contribution >= 4 is 59.4 Å². The van der Waals surface area contributed by atoms with Crippen LogP contribution in [0.25, 0.3) is 0 Å². The Balaban J connectivity index is 0.00000600. The molecule has 0 bridgehead atoms. The van der Waals surface area contributed by atoms with E-state index in [4.69, 9.17) is 26.8 Å². The number of hydrogen-bond acceptors (Lipinski definition) is 9.